The van der Waals surface area contributed by atoms with E-state index in [1.807, 2.05) is 30.5 Å². The Kier molecular flexibility index (Phi) is 7.57. The lowest BCUT2D eigenvalue weighted by Gasteiger charge is -2.33. The zero-order valence-electron chi connectivity index (χ0n) is 22.5. The summed E-state index contributed by atoms with van der Waals surface area (Å²) in [5, 5.41) is 11.6. The van der Waals surface area contributed by atoms with Crippen LogP contribution < -0.4 is 14.6 Å². The summed E-state index contributed by atoms with van der Waals surface area (Å²) < 4.78 is 50.7. The molecule has 214 valence electrons. The number of anilines is 1. The summed E-state index contributed by atoms with van der Waals surface area (Å²) in [6, 6.07) is 16.8. The Hall–Kier alpha value is -4.05. The number of piperidine rings is 1. The average molecular weight is 566 g/mol. The lowest BCUT2D eigenvalue weighted by molar-refractivity contribution is -0.506. The number of nitrogens with zero attached hydrogens (tertiary/aromatic N) is 3. The largest absolute Gasteiger partial charge is 0.490 e. The molecular formula is C31H32F3N4O3+. The molecule has 2 N–H and O–H groups in total. The number of halogens is 3. The highest BCUT2D eigenvalue weighted by molar-refractivity contribution is 5.91. The van der Waals surface area contributed by atoms with Gasteiger partial charge >= 0.3 is 12.1 Å². The smallest absolute Gasteiger partial charge is 0.416 e. The number of aliphatic hydroxyl groups excluding tert-OH is 1. The predicted molar refractivity (Wildman–Crippen MR) is 149 cm³/mol. The van der Waals surface area contributed by atoms with Crippen LogP contribution in [-0.4, -0.2) is 59.2 Å². The molecule has 0 saturated carbocycles. The molecule has 2 saturated heterocycles. The predicted octanol–water partition coefficient (Wildman–Crippen LogP) is 4.55. The number of furan rings is 1. The van der Waals surface area contributed by atoms with Crippen LogP contribution in [0.4, 0.5) is 18.9 Å². The van der Waals surface area contributed by atoms with Gasteiger partial charge in [0.2, 0.25) is 5.76 Å². The second-order valence-electron chi connectivity index (χ2n) is 10.7. The normalized spacial score (nSPS) is 19.2. The average Bonchev–Trinajstić information content (AvgIpc) is 3.60. The van der Waals surface area contributed by atoms with Crippen LogP contribution >= 0.6 is 0 Å². The first-order valence-corrected chi connectivity index (χ1v) is 13.9. The summed E-state index contributed by atoms with van der Waals surface area (Å²) in [5.74, 6) is 1.12. The standard InChI is InChI=1S/C31H31F3N4O3/c32-31(33,34)23-3-5-25(6-4-23)38-14-10-26(11-15-38)40-27-7-8-28-22(16-27)17-29(41-28)30(39)36-24-9-13-37(20-24)19-21-2-1-12-35-18-21/h1-8,12,16-18,24,26H,9-11,13-15,19-20H2,(H,36,39)/p+1/t24-/m1/s1. The minimum Gasteiger partial charge on any atom is -0.490 e. The van der Waals surface area contributed by atoms with E-state index < -0.39 is 11.7 Å². The first kappa shape index (κ1) is 27.1. The summed E-state index contributed by atoms with van der Waals surface area (Å²) in [4.78, 5) is 11.8. The fraction of sp³-hybridized carbons (Fsp3) is 0.355. The van der Waals surface area contributed by atoms with E-state index in [0.717, 1.165) is 62.1 Å². The van der Waals surface area contributed by atoms with Crippen molar-refractivity contribution in [3.63, 3.8) is 0 Å². The molecule has 0 unspecified atom stereocenters. The first-order valence-electron chi connectivity index (χ1n) is 13.9. The Morgan fingerprint density at radius 3 is 2.56 bits per heavy atom. The van der Waals surface area contributed by atoms with Crippen molar-refractivity contribution in [2.75, 3.05) is 31.1 Å². The molecular weight excluding hydrogens is 533 g/mol. The monoisotopic (exact) mass is 565 g/mol. The van der Waals surface area contributed by atoms with E-state index in [9.17, 15) is 18.3 Å². The lowest BCUT2D eigenvalue weighted by Crippen LogP contribution is -2.80. The van der Waals surface area contributed by atoms with Gasteiger partial charge in [-0.05, 0) is 54.1 Å². The van der Waals surface area contributed by atoms with Gasteiger partial charge in [0.05, 0.1) is 12.1 Å². The minimum absolute atomic E-state index is 0.00290. The van der Waals surface area contributed by atoms with Gasteiger partial charge in [0.1, 0.15) is 17.4 Å². The molecule has 0 amide bonds. The number of hydrogen-bond donors (Lipinski definition) is 2. The van der Waals surface area contributed by atoms with Gasteiger partial charge in [-0.1, -0.05) is 6.07 Å². The van der Waals surface area contributed by atoms with Crippen LogP contribution in [-0.2, 0) is 12.7 Å². The number of ether oxygens (including phenoxy) is 1. The van der Waals surface area contributed by atoms with Crippen molar-refractivity contribution in [3.05, 3.63) is 89.9 Å². The number of pyridine rings is 1. The molecule has 2 fully saturated rings. The van der Waals surface area contributed by atoms with Crippen molar-refractivity contribution in [1.82, 2.24) is 9.88 Å². The van der Waals surface area contributed by atoms with E-state index in [1.54, 1.807) is 12.3 Å². The molecule has 4 heterocycles. The van der Waals surface area contributed by atoms with Crippen LogP contribution in [0.25, 0.3) is 11.0 Å². The molecule has 7 nitrogen and oxygen atoms in total. The minimum atomic E-state index is -4.33. The van der Waals surface area contributed by atoms with Crippen LogP contribution in [0.2, 0.25) is 0 Å². The van der Waals surface area contributed by atoms with Crippen molar-refractivity contribution < 1.29 is 32.4 Å². The van der Waals surface area contributed by atoms with Crippen LogP contribution in [0.5, 0.6) is 5.75 Å². The summed E-state index contributed by atoms with van der Waals surface area (Å²) in [6.07, 6.45) is 1.75. The first-order chi connectivity index (χ1) is 19.8. The second kappa shape index (κ2) is 11.4. The Labute approximate surface area is 235 Å². The molecule has 0 spiro atoms. The van der Waals surface area contributed by atoms with Gasteiger partial charge < -0.3 is 19.2 Å². The van der Waals surface area contributed by atoms with Crippen LogP contribution in [0.1, 0.15) is 36.1 Å². The number of nitrogens with one attached hydrogen (secondary N) is 1. The summed E-state index contributed by atoms with van der Waals surface area (Å²) >= 11 is 0. The number of aromatic nitrogens is 1. The van der Waals surface area contributed by atoms with Gasteiger partial charge in [-0.2, -0.15) is 13.2 Å². The molecule has 2 aromatic carbocycles. The Morgan fingerprint density at radius 2 is 1.83 bits per heavy atom. The van der Waals surface area contributed by atoms with Crippen molar-refractivity contribution in [2.45, 2.75) is 44.1 Å². The molecule has 6 rings (SSSR count). The number of hydrogen-bond acceptors (Lipinski definition) is 5. The van der Waals surface area contributed by atoms with Crippen LogP contribution in [0.15, 0.2) is 77.5 Å². The van der Waals surface area contributed by atoms with Crippen molar-refractivity contribution >= 4 is 22.6 Å². The summed E-state index contributed by atoms with van der Waals surface area (Å²) in [6.45, 7) is 3.97. The molecule has 0 bridgehead atoms. The molecule has 41 heavy (non-hydrogen) atoms. The van der Waals surface area contributed by atoms with E-state index in [2.05, 4.69) is 25.8 Å². The lowest BCUT2D eigenvalue weighted by atomic mass is 10.1. The quantitative estimate of drug-likeness (QED) is 0.253. The van der Waals surface area contributed by atoms with Crippen LogP contribution in [0.3, 0.4) is 0 Å². The maximum absolute atomic E-state index is 12.9. The van der Waals surface area contributed by atoms with Crippen molar-refractivity contribution in [2.24, 2.45) is 0 Å². The Balaban J connectivity index is 1.03. The molecule has 0 radical (unpaired) electrons. The maximum Gasteiger partial charge on any atom is 0.416 e. The highest BCUT2D eigenvalue weighted by Gasteiger charge is 2.31. The Bertz CT molecular complexity index is 1500. The number of rotatable bonds is 7. The fourth-order valence-corrected chi connectivity index (χ4v) is 5.61. The number of fused-ring (bicyclic) bond motifs is 1. The topological polar surface area (TPSA) is 75.9 Å². The van der Waals surface area contributed by atoms with Gasteiger partial charge in [-0.25, -0.2) is 4.99 Å². The third-order valence-electron chi connectivity index (χ3n) is 7.77. The molecule has 2 aliphatic heterocycles. The zero-order valence-corrected chi connectivity index (χ0v) is 22.5. The molecule has 10 heteroatoms. The van der Waals surface area contributed by atoms with E-state index in [-0.39, 0.29) is 18.0 Å². The SMILES string of the molecule is OC(=[NH+][C@@H]1CCN(Cc2cccnc2)C1)c1cc2cc(OC3CCN(c4ccc(C(F)(F)F)cc4)CC3)ccc2o1. The summed E-state index contributed by atoms with van der Waals surface area (Å²) in [7, 11) is 0. The van der Waals surface area contributed by atoms with Gasteiger partial charge in [0, 0.05) is 75.0 Å². The van der Waals surface area contributed by atoms with Crippen molar-refractivity contribution in [1.29, 1.82) is 0 Å². The number of likely N-dealkylation sites (tertiary alicyclic amines) is 1. The second-order valence-corrected chi connectivity index (χ2v) is 10.7. The molecule has 1 atom stereocenters. The van der Waals surface area contributed by atoms with E-state index in [0.29, 0.717) is 30.2 Å². The Morgan fingerprint density at radius 1 is 1.02 bits per heavy atom. The number of benzene rings is 2. The molecule has 2 aromatic heterocycles. The van der Waals surface area contributed by atoms with Gasteiger partial charge in [-0.3, -0.25) is 9.88 Å². The van der Waals surface area contributed by atoms with E-state index in [1.165, 1.54) is 17.7 Å². The third-order valence-corrected chi connectivity index (χ3v) is 7.77. The maximum atomic E-state index is 12.9. The van der Waals surface area contributed by atoms with E-state index in [4.69, 9.17) is 9.15 Å². The van der Waals surface area contributed by atoms with E-state index >= 15 is 0 Å². The fourth-order valence-electron chi connectivity index (χ4n) is 5.61. The van der Waals surface area contributed by atoms with Gasteiger partial charge in [-0.15, -0.1) is 0 Å². The number of aliphatic hydroxyl groups is 1. The van der Waals surface area contributed by atoms with Crippen molar-refractivity contribution in [3.8, 4) is 5.75 Å². The van der Waals surface area contributed by atoms with Gasteiger partial charge in [0.25, 0.3) is 0 Å². The third kappa shape index (κ3) is 6.48. The zero-order chi connectivity index (χ0) is 28.4. The number of alkyl halides is 3. The van der Waals surface area contributed by atoms with Gasteiger partial charge in [0.15, 0.2) is 6.04 Å². The summed E-state index contributed by atoms with van der Waals surface area (Å²) in [5.41, 5.74) is 1.97. The highest BCUT2D eigenvalue weighted by atomic mass is 19.4. The molecule has 2 aliphatic rings. The molecule has 0 aliphatic carbocycles. The van der Waals surface area contributed by atoms with Crippen LogP contribution in [0, 0.1) is 0 Å². The molecule has 4 aromatic rings. The highest BCUT2D eigenvalue weighted by Crippen LogP contribution is 2.32.